The third-order valence-corrected chi connectivity index (χ3v) is 1.44. The Hall–Kier alpha value is -0.960. The Bertz CT molecular complexity index is 252. The quantitative estimate of drug-likeness (QED) is 0.739. The molecule has 2 N–H and O–H groups in total. The van der Waals surface area contributed by atoms with Crippen molar-refractivity contribution in [3.05, 3.63) is 17.3 Å². The molecule has 0 amide bonds. The highest BCUT2D eigenvalue weighted by Crippen LogP contribution is 2.24. The molecule has 11 heavy (non-hydrogen) atoms. The van der Waals surface area contributed by atoms with E-state index < -0.39 is 0 Å². The smallest absolute Gasteiger partial charge is 0.156 e. The fraction of sp³-hybridized carbons (Fsp3) is 0.286. The summed E-state index contributed by atoms with van der Waals surface area (Å²) in [7, 11) is 0. The molecular weight excluding hydrogens is 164 g/mol. The lowest BCUT2D eigenvalue weighted by molar-refractivity contribution is 0.339. The van der Waals surface area contributed by atoms with Crippen LogP contribution in [0.5, 0.6) is 5.75 Å². The van der Waals surface area contributed by atoms with Crippen LogP contribution in [-0.2, 0) is 0 Å². The number of hydrogen-bond acceptors (Lipinski definition) is 3. The van der Waals surface area contributed by atoms with Gasteiger partial charge in [0.05, 0.1) is 17.8 Å². The molecule has 0 aromatic carbocycles. The van der Waals surface area contributed by atoms with Gasteiger partial charge in [0, 0.05) is 6.07 Å². The van der Waals surface area contributed by atoms with Crippen LogP contribution in [0.2, 0.25) is 5.02 Å². The van der Waals surface area contributed by atoms with E-state index in [1.165, 1.54) is 6.20 Å². The summed E-state index contributed by atoms with van der Waals surface area (Å²) in [5, 5.41) is 0.499. The average Bonchev–Trinajstić information content (AvgIpc) is 1.95. The number of hydrogen-bond donors (Lipinski definition) is 1. The Morgan fingerprint density at radius 3 is 3.00 bits per heavy atom. The fourth-order valence-corrected chi connectivity index (χ4v) is 0.910. The summed E-state index contributed by atoms with van der Waals surface area (Å²) in [4.78, 5) is 3.83. The molecule has 0 radical (unpaired) electrons. The molecule has 0 unspecified atom stereocenters. The van der Waals surface area contributed by atoms with Gasteiger partial charge in [0.15, 0.2) is 5.75 Å². The minimum atomic E-state index is 0.401. The van der Waals surface area contributed by atoms with Crippen LogP contribution < -0.4 is 10.5 Å². The predicted octanol–water partition coefficient (Wildman–Crippen LogP) is 1.72. The minimum Gasteiger partial charge on any atom is -0.491 e. The van der Waals surface area contributed by atoms with Crippen LogP contribution in [0, 0.1) is 0 Å². The lowest BCUT2D eigenvalue weighted by atomic mass is 10.4. The normalized spacial score (nSPS) is 9.64. The van der Waals surface area contributed by atoms with E-state index in [0.717, 1.165) is 0 Å². The average molecular weight is 173 g/mol. The summed E-state index contributed by atoms with van der Waals surface area (Å²) in [6.45, 7) is 2.46. The third kappa shape index (κ3) is 1.98. The highest BCUT2D eigenvalue weighted by Gasteiger charge is 2.00. The number of aromatic nitrogens is 1. The second-order valence-electron chi connectivity index (χ2n) is 1.97. The van der Waals surface area contributed by atoms with Gasteiger partial charge in [-0.1, -0.05) is 11.6 Å². The maximum absolute atomic E-state index is 5.76. The minimum absolute atomic E-state index is 0.401. The van der Waals surface area contributed by atoms with E-state index in [2.05, 4.69) is 4.98 Å². The Kier molecular flexibility index (Phi) is 2.54. The van der Waals surface area contributed by atoms with Gasteiger partial charge in [0.2, 0.25) is 0 Å². The van der Waals surface area contributed by atoms with Crippen molar-refractivity contribution >= 4 is 17.4 Å². The van der Waals surface area contributed by atoms with Crippen LogP contribution in [0.1, 0.15) is 6.92 Å². The summed E-state index contributed by atoms with van der Waals surface area (Å²) in [6, 6.07) is 1.56. The van der Waals surface area contributed by atoms with Crippen molar-refractivity contribution in [3.63, 3.8) is 0 Å². The number of nitrogen functional groups attached to an aromatic ring is 1. The lowest BCUT2D eigenvalue weighted by Gasteiger charge is -2.03. The molecule has 0 spiro atoms. The van der Waals surface area contributed by atoms with Crippen molar-refractivity contribution in [2.24, 2.45) is 0 Å². The molecule has 4 heteroatoms. The molecule has 0 bridgehead atoms. The molecule has 0 saturated heterocycles. The number of nitrogens with two attached hydrogens (primary N) is 1. The first kappa shape index (κ1) is 8.14. The molecule has 1 aromatic heterocycles. The van der Waals surface area contributed by atoms with Crippen molar-refractivity contribution in [2.45, 2.75) is 6.92 Å². The zero-order valence-corrected chi connectivity index (χ0v) is 6.93. The van der Waals surface area contributed by atoms with E-state index in [1.807, 2.05) is 6.92 Å². The van der Waals surface area contributed by atoms with Crippen LogP contribution in [0.4, 0.5) is 5.82 Å². The van der Waals surface area contributed by atoms with Gasteiger partial charge in [-0.05, 0) is 6.92 Å². The van der Waals surface area contributed by atoms with E-state index in [4.69, 9.17) is 22.1 Å². The van der Waals surface area contributed by atoms with Gasteiger partial charge in [0.25, 0.3) is 0 Å². The molecule has 1 aromatic rings. The summed E-state index contributed by atoms with van der Waals surface area (Å²) in [6.07, 6.45) is 1.52. The Labute approximate surface area is 70.1 Å². The molecular formula is C7H9ClN2O. The number of rotatable bonds is 2. The van der Waals surface area contributed by atoms with Gasteiger partial charge in [-0.3, -0.25) is 0 Å². The van der Waals surface area contributed by atoms with E-state index in [-0.39, 0.29) is 0 Å². The van der Waals surface area contributed by atoms with Crippen molar-refractivity contribution in [2.75, 3.05) is 12.3 Å². The number of ether oxygens (including phenoxy) is 1. The predicted molar refractivity (Wildman–Crippen MR) is 44.8 cm³/mol. The Balaban J connectivity index is 2.90. The number of nitrogens with zero attached hydrogens (tertiary/aromatic N) is 1. The van der Waals surface area contributed by atoms with Gasteiger partial charge < -0.3 is 10.5 Å². The number of pyridine rings is 1. The summed E-state index contributed by atoms with van der Waals surface area (Å²) in [5.41, 5.74) is 5.37. The van der Waals surface area contributed by atoms with Gasteiger partial charge >= 0.3 is 0 Å². The topological polar surface area (TPSA) is 48.1 Å². The summed E-state index contributed by atoms with van der Waals surface area (Å²) < 4.78 is 5.14. The van der Waals surface area contributed by atoms with Crippen molar-refractivity contribution in [1.82, 2.24) is 4.98 Å². The first-order valence-electron chi connectivity index (χ1n) is 3.28. The Morgan fingerprint density at radius 2 is 2.45 bits per heavy atom. The zero-order chi connectivity index (χ0) is 8.27. The Morgan fingerprint density at radius 1 is 1.73 bits per heavy atom. The van der Waals surface area contributed by atoms with Crippen LogP contribution >= 0.6 is 11.6 Å². The maximum Gasteiger partial charge on any atom is 0.156 e. The van der Waals surface area contributed by atoms with E-state index in [0.29, 0.717) is 23.2 Å². The van der Waals surface area contributed by atoms with E-state index >= 15 is 0 Å². The highest BCUT2D eigenvalue weighted by atomic mass is 35.5. The van der Waals surface area contributed by atoms with Crippen molar-refractivity contribution in [3.8, 4) is 5.75 Å². The maximum atomic E-state index is 5.76. The molecule has 0 saturated carbocycles. The second kappa shape index (κ2) is 3.44. The van der Waals surface area contributed by atoms with Gasteiger partial charge in [0.1, 0.15) is 5.82 Å². The largest absolute Gasteiger partial charge is 0.491 e. The third-order valence-electron chi connectivity index (χ3n) is 1.14. The second-order valence-corrected chi connectivity index (χ2v) is 2.38. The van der Waals surface area contributed by atoms with E-state index in [9.17, 15) is 0 Å². The van der Waals surface area contributed by atoms with Crippen LogP contribution in [0.15, 0.2) is 12.3 Å². The number of anilines is 1. The molecule has 1 heterocycles. The molecule has 0 atom stereocenters. The monoisotopic (exact) mass is 172 g/mol. The fourth-order valence-electron chi connectivity index (χ4n) is 0.695. The standard InChI is InChI=1S/C7H9ClN2O/c1-2-11-6-4-10-7(9)3-5(6)8/h3-4H,2H2,1H3,(H2,9,10). The molecule has 0 aliphatic heterocycles. The van der Waals surface area contributed by atoms with Crippen LogP contribution in [0.3, 0.4) is 0 Å². The number of halogens is 1. The van der Waals surface area contributed by atoms with Gasteiger partial charge in [-0.25, -0.2) is 4.98 Å². The molecule has 1 rings (SSSR count). The summed E-state index contributed by atoms with van der Waals surface area (Å²) >= 11 is 5.76. The molecule has 60 valence electrons. The zero-order valence-electron chi connectivity index (χ0n) is 6.17. The van der Waals surface area contributed by atoms with Crippen LogP contribution in [0.25, 0.3) is 0 Å². The van der Waals surface area contributed by atoms with Crippen molar-refractivity contribution in [1.29, 1.82) is 0 Å². The van der Waals surface area contributed by atoms with Gasteiger partial charge in [-0.2, -0.15) is 0 Å². The molecule has 3 nitrogen and oxygen atoms in total. The summed E-state index contributed by atoms with van der Waals surface area (Å²) in [5.74, 6) is 0.974. The molecule has 0 aliphatic carbocycles. The van der Waals surface area contributed by atoms with Crippen molar-refractivity contribution < 1.29 is 4.74 Å². The SMILES string of the molecule is CCOc1cnc(N)cc1Cl. The lowest BCUT2D eigenvalue weighted by Crippen LogP contribution is -1.95. The highest BCUT2D eigenvalue weighted by molar-refractivity contribution is 6.32. The van der Waals surface area contributed by atoms with Crippen LogP contribution in [-0.4, -0.2) is 11.6 Å². The first-order valence-corrected chi connectivity index (χ1v) is 3.65. The van der Waals surface area contributed by atoms with Gasteiger partial charge in [-0.15, -0.1) is 0 Å². The first-order chi connectivity index (χ1) is 5.24. The van der Waals surface area contributed by atoms with E-state index in [1.54, 1.807) is 6.07 Å². The molecule has 0 fully saturated rings. The molecule has 0 aliphatic rings.